The van der Waals surface area contributed by atoms with Crippen LogP contribution in [-0.4, -0.2) is 93.6 Å². The van der Waals surface area contributed by atoms with E-state index >= 15 is 0 Å². The van der Waals surface area contributed by atoms with E-state index in [4.69, 9.17) is 62.3 Å². The second-order valence-corrected chi connectivity index (χ2v) is 15.8. The van der Waals surface area contributed by atoms with Crippen molar-refractivity contribution in [2.24, 2.45) is 11.5 Å². The van der Waals surface area contributed by atoms with Gasteiger partial charge in [0.2, 0.25) is 0 Å². The molecule has 4 aromatic rings. The molecule has 4 aromatic heterocycles. The minimum Gasteiger partial charge on any atom is -0.382 e. The maximum atomic E-state index is 13.5. The van der Waals surface area contributed by atoms with Crippen LogP contribution in [0.1, 0.15) is 12.5 Å². The van der Waals surface area contributed by atoms with Gasteiger partial charge in [-0.2, -0.15) is 0 Å². The molecule has 0 spiro atoms. The number of hydrogen-bond acceptors (Lipinski definition) is 18. The van der Waals surface area contributed by atoms with E-state index in [-0.39, 0.29) is 18.2 Å². The Morgan fingerprint density at radius 1 is 0.818 bits per heavy atom. The fraction of sp³-hybridized carbons (Fsp3) is 0.500. The number of nitrogens with two attached hydrogens (primary N) is 4. The first-order chi connectivity index (χ1) is 20.9. The summed E-state index contributed by atoms with van der Waals surface area (Å²) in [6.45, 7) is -8.91. The molecule has 9 N–H and O–H groups in total. The van der Waals surface area contributed by atoms with Crippen LogP contribution in [0.25, 0.3) is 22.3 Å². The van der Waals surface area contributed by atoms with Crippen LogP contribution in [0.15, 0.2) is 25.3 Å². The molecule has 7 heterocycles. The number of thiol groups is 1. The van der Waals surface area contributed by atoms with Crippen molar-refractivity contribution in [3.8, 4) is 0 Å². The molecule has 236 valence electrons. The van der Waals surface area contributed by atoms with Gasteiger partial charge in [-0.3, -0.25) is 18.2 Å². The standard InChI is InChI=1S/C20H26N12O8P2S2/c21-9-13-7(37-19(9)31-5-29-11-15(23)25-3-27-17(11)31)1-35-41(33,43)40-14-8(2-36-42(34,44)39-13)38-20(10(14)22)32-6-30-12-16(24)26-4-28-18(12)32/h3-10,13-14,19-20H,1-2,21-22H2,(H,33,43)(H,34,44)(H2,23,25,27)(H2,24,26,28)/t7-,8-,9?,10?,13?,14?,19-,20-,41?,42?/m1/s1. The monoisotopic (exact) mass is 688 g/mol. The third-order valence-electron chi connectivity index (χ3n) is 7.41. The van der Waals surface area contributed by atoms with Crippen LogP contribution >= 0.6 is 25.8 Å². The normalized spacial score (nSPS) is 38.3. The summed E-state index contributed by atoms with van der Waals surface area (Å²) in [7, 11) is 0. The van der Waals surface area contributed by atoms with Gasteiger partial charge in [-0.15, -0.1) is 0 Å². The van der Waals surface area contributed by atoms with Gasteiger partial charge in [0.1, 0.15) is 48.1 Å². The molecule has 44 heavy (non-hydrogen) atoms. The number of imidazole rings is 2. The van der Waals surface area contributed by atoms with E-state index in [9.17, 15) is 9.46 Å². The summed E-state index contributed by atoms with van der Waals surface area (Å²) in [5.41, 5.74) is 26.2. The van der Waals surface area contributed by atoms with Crippen LogP contribution in [0.2, 0.25) is 0 Å². The molecular weight excluding hydrogens is 662 g/mol. The van der Waals surface area contributed by atoms with Crippen LogP contribution in [0.5, 0.6) is 0 Å². The molecule has 6 unspecified atom stereocenters. The maximum absolute atomic E-state index is 13.5. The van der Waals surface area contributed by atoms with Crippen molar-refractivity contribution in [2.75, 3.05) is 24.7 Å². The molecule has 24 heteroatoms. The third-order valence-corrected chi connectivity index (χ3v) is 10.6. The molecule has 0 radical (unpaired) electrons. The number of ether oxygens (including phenoxy) is 2. The van der Waals surface area contributed by atoms with Crippen LogP contribution in [-0.2, 0) is 43.9 Å². The number of aromatic nitrogens is 8. The van der Waals surface area contributed by atoms with Gasteiger partial charge in [-0.1, -0.05) is 12.2 Å². The number of anilines is 2. The molecular formula is C20H26N12O8P2S2. The molecule has 7 rings (SSSR count). The lowest BCUT2D eigenvalue weighted by molar-refractivity contribution is -0.0558. The summed E-state index contributed by atoms with van der Waals surface area (Å²) >= 11 is 9.50. The van der Waals surface area contributed by atoms with Crippen molar-refractivity contribution in [1.82, 2.24) is 39.0 Å². The van der Waals surface area contributed by atoms with Crippen LogP contribution < -0.4 is 22.9 Å². The van der Waals surface area contributed by atoms with Crippen LogP contribution in [0.4, 0.5) is 11.6 Å². The Bertz CT molecular complexity index is 1700. The van der Waals surface area contributed by atoms with E-state index in [1.54, 1.807) is 0 Å². The molecule has 3 aliphatic rings. The van der Waals surface area contributed by atoms with Gasteiger partial charge in [0, 0.05) is 0 Å². The molecule has 3 aliphatic heterocycles. The Hall–Kier alpha value is -2.43. The molecule has 0 saturated carbocycles. The summed E-state index contributed by atoms with van der Waals surface area (Å²) in [6, 6.07) is -1.94. The van der Waals surface area contributed by atoms with Crippen molar-refractivity contribution in [2.45, 2.75) is 49.0 Å². The molecule has 10 atom stereocenters. The summed E-state index contributed by atoms with van der Waals surface area (Å²) in [5, 5.41) is 0. The zero-order valence-electron chi connectivity index (χ0n) is 22.3. The number of rotatable bonds is 2. The minimum absolute atomic E-state index is 0.157. The molecule has 3 saturated heterocycles. The van der Waals surface area contributed by atoms with Crippen molar-refractivity contribution in [3.63, 3.8) is 0 Å². The molecule has 0 aromatic carbocycles. The van der Waals surface area contributed by atoms with Crippen LogP contribution in [0, 0.1) is 0 Å². The molecule has 20 nitrogen and oxygen atoms in total. The molecule has 0 aliphatic carbocycles. The van der Waals surface area contributed by atoms with E-state index in [0.29, 0.717) is 22.3 Å². The van der Waals surface area contributed by atoms with E-state index < -0.39 is 69.1 Å². The van der Waals surface area contributed by atoms with Crippen molar-refractivity contribution in [1.29, 1.82) is 0 Å². The SMILES string of the molecule is Nc1ncnc2c1ncn2[C@@H]1O[C@@H]2COP(O)(=S)OC3C(N)[C@H](n4cnc5c(N)ncnc54)O[C@@H]3COP(=O)(S)OC2C1N. The predicted molar refractivity (Wildman–Crippen MR) is 158 cm³/mol. The van der Waals surface area contributed by atoms with Gasteiger partial charge in [-0.25, -0.2) is 34.5 Å². The lowest BCUT2D eigenvalue weighted by Gasteiger charge is -2.30. The van der Waals surface area contributed by atoms with E-state index in [0.717, 1.165) is 0 Å². The fourth-order valence-corrected chi connectivity index (χ4v) is 8.35. The molecule has 3 fully saturated rings. The van der Waals surface area contributed by atoms with E-state index in [2.05, 4.69) is 42.2 Å². The van der Waals surface area contributed by atoms with E-state index in [1.165, 1.54) is 34.4 Å². The number of fused-ring (bicyclic) bond motifs is 4. The number of hydrogen-bond donors (Lipinski definition) is 6. The van der Waals surface area contributed by atoms with Crippen molar-refractivity contribution < 1.29 is 37.0 Å². The maximum Gasteiger partial charge on any atom is 0.386 e. The Morgan fingerprint density at radius 2 is 1.30 bits per heavy atom. The first kappa shape index (κ1) is 30.2. The smallest absolute Gasteiger partial charge is 0.382 e. The second kappa shape index (κ2) is 11.1. The largest absolute Gasteiger partial charge is 0.386 e. The van der Waals surface area contributed by atoms with E-state index in [1.807, 2.05) is 0 Å². The average molecular weight is 689 g/mol. The van der Waals surface area contributed by atoms with Gasteiger partial charge >= 0.3 is 13.5 Å². The minimum atomic E-state index is -4.14. The zero-order chi connectivity index (χ0) is 31.0. The summed E-state index contributed by atoms with van der Waals surface area (Å²) in [6.07, 6.45) is -0.759. The highest BCUT2D eigenvalue weighted by Crippen LogP contribution is 2.58. The summed E-state index contributed by atoms with van der Waals surface area (Å²) in [5.74, 6) is 0.315. The predicted octanol–water partition coefficient (Wildman–Crippen LogP) is -0.648. The molecule has 0 bridgehead atoms. The Kier molecular flexibility index (Phi) is 7.64. The first-order valence-electron chi connectivity index (χ1n) is 12.9. The lowest BCUT2D eigenvalue weighted by Crippen LogP contribution is -2.43. The van der Waals surface area contributed by atoms with Gasteiger partial charge in [0.25, 0.3) is 0 Å². The van der Waals surface area contributed by atoms with Crippen molar-refractivity contribution in [3.05, 3.63) is 25.3 Å². The lowest BCUT2D eigenvalue weighted by atomic mass is 10.1. The van der Waals surface area contributed by atoms with Crippen LogP contribution in [0.3, 0.4) is 0 Å². The Labute approximate surface area is 257 Å². The van der Waals surface area contributed by atoms with Gasteiger partial charge < -0.3 is 46.3 Å². The quantitative estimate of drug-likeness (QED) is 0.113. The third kappa shape index (κ3) is 5.28. The van der Waals surface area contributed by atoms with Gasteiger partial charge in [0.05, 0.1) is 38.0 Å². The summed E-state index contributed by atoms with van der Waals surface area (Å²) in [4.78, 5) is 35.9. The number of nitrogens with zero attached hydrogens (tertiary/aromatic N) is 8. The molecule has 0 amide bonds. The second-order valence-electron chi connectivity index (χ2n) is 10.1. The van der Waals surface area contributed by atoms with Gasteiger partial charge in [-0.05, 0) is 11.8 Å². The van der Waals surface area contributed by atoms with Gasteiger partial charge in [0.15, 0.2) is 35.4 Å². The highest BCUT2D eigenvalue weighted by molar-refractivity contribution is 8.44. The number of nitrogen functional groups attached to an aromatic ring is 2. The topological polar surface area (TPSA) is 284 Å². The zero-order valence-corrected chi connectivity index (χ0v) is 25.8. The fourth-order valence-electron chi connectivity index (χ4n) is 5.38. The Balaban J connectivity index is 1.17. The Morgan fingerprint density at radius 3 is 1.82 bits per heavy atom. The van der Waals surface area contributed by atoms with Crippen molar-refractivity contribution >= 4 is 71.5 Å². The first-order valence-corrected chi connectivity index (χ1v) is 18.2. The summed E-state index contributed by atoms with van der Waals surface area (Å²) < 4.78 is 51.9. The highest BCUT2D eigenvalue weighted by Gasteiger charge is 2.52. The average Bonchev–Trinajstić information content (AvgIpc) is 3.73. The highest BCUT2D eigenvalue weighted by atomic mass is 32.7.